The average molecular weight is 258 g/mol. The summed E-state index contributed by atoms with van der Waals surface area (Å²) in [6.45, 7) is 2.35. The highest BCUT2D eigenvalue weighted by atomic mass is 16.3. The minimum atomic E-state index is -0.858. The predicted octanol–water partition coefficient (Wildman–Crippen LogP) is 0.909. The molecule has 0 radical (unpaired) electrons. The van der Waals surface area contributed by atoms with Crippen LogP contribution < -0.4 is 0 Å². The fraction of sp³-hybridized carbons (Fsp3) is 0.429. The zero-order valence-electron chi connectivity index (χ0n) is 11.0. The van der Waals surface area contributed by atoms with Crippen LogP contribution in [-0.4, -0.2) is 38.1 Å². The summed E-state index contributed by atoms with van der Waals surface area (Å²) in [6, 6.07) is 10.3. The zero-order valence-corrected chi connectivity index (χ0v) is 11.0. The van der Waals surface area contributed by atoms with Crippen LogP contribution >= 0.6 is 0 Å². The van der Waals surface area contributed by atoms with Gasteiger partial charge in [-0.2, -0.15) is 15.0 Å². The Morgan fingerprint density at radius 1 is 1.32 bits per heavy atom. The summed E-state index contributed by atoms with van der Waals surface area (Å²) in [6.07, 6.45) is 2.37. The van der Waals surface area contributed by atoms with E-state index in [4.69, 9.17) is 0 Å². The van der Waals surface area contributed by atoms with Gasteiger partial charge in [-0.25, -0.2) is 0 Å². The molecule has 2 aromatic rings. The fourth-order valence-electron chi connectivity index (χ4n) is 2.62. The van der Waals surface area contributed by atoms with Crippen molar-refractivity contribution in [2.75, 3.05) is 13.1 Å². The molecule has 2 heterocycles. The summed E-state index contributed by atoms with van der Waals surface area (Å²) in [7, 11) is 1.77. The molecule has 1 fully saturated rings. The number of nitrogens with zero attached hydrogens (tertiary/aromatic N) is 4. The van der Waals surface area contributed by atoms with E-state index in [1.165, 1.54) is 10.4 Å². The molecule has 1 N–H and O–H groups in total. The Balaban J connectivity index is 1.70. The Bertz CT molecular complexity index is 554. The van der Waals surface area contributed by atoms with Gasteiger partial charge in [-0.3, -0.25) is 4.90 Å². The molecule has 100 valence electrons. The van der Waals surface area contributed by atoms with Gasteiger partial charge in [0.1, 0.15) is 11.3 Å². The molecule has 0 bridgehead atoms. The number of likely N-dealkylation sites (tertiary alicyclic amines) is 1. The molecule has 0 aliphatic carbocycles. The minimum absolute atomic E-state index is 0.612. The van der Waals surface area contributed by atoms with Gasteiger partial charge in [-0.05, 0) is 12.0 Å². The molecule has 0 spiro atoms. The molecule has 1 aliphatic rings. The lowest BCUT2D eigenvalue weighted by Gasteiger charge is -2.21. The van der Waals surface area contributed by atoms with E-state index in [2.05, 4.69) is 27.2 Å². The third-order valence-electron chi connectivity index (χ3n) is 3.65. The monoisotopic (exact) mass is 258 g/mol. The number of rotatable bonds is 3. The van der Waals surface area contributed by atoms with Crippen molar-refractivity contribution in [3.05, 3.63) is 47.8 Å². The molecule has 1 atom stereocenters. The molecule has 1 aromatic heterocycles. The molecule has 0 saturated carbocycles. The van der Waals surface area contributed by atoms with Crippen LogP contribution in [0, 0.1) is 0 Å². The lowest BCUT2D eigenvalue weighted by molar-refractivity contribution is 0.0404. The Hall–Kier alpha value is -1.72. The van der Waals surface area contributed by atoms with E-state index < -0.39 is 5.60 Å². The molecule has 1 aliphatic heterocycles. The molecule has 5 nitrogen and oxygen atoms in total. The van der Waals surface area contributed by atoms with Crippen molar-refractivity contribution in [1.29, 1.82) is 0 Å². The number of aliphatic hydroxyl groups is 1. The van der Waals surface area contributed by atoms with E-state index in [1.807, 2.05) is 18.2 Å². The van der Waals surface area contributed by atoms with E-state index >= 15 is 0 Å². The van der Waals surface area contributed by atoms with Crippen LogP contribution in [0.3, 0.4) is 0 Å². The highest BCUT2D eigenvalue weighted by Crippen LogP contribution is 2.30. The van der Waals surface area contributed by atoms with E-state index in [-0.39, 0.29) is 0 Å². The van der Waals surface area contributed by atoms with Crippen LogP contribution in [0.2, 0.25) is 0 Å². The molecular formula is C14H18N4O. The van der Waals surface area contributed by atoms with Gasteiger partial charge in [-0.1, -0.05) is 30.3 Å². The summed E-state index contributed by atoms with van der Waals surface area (Å²) in [5, 5.41) is 18.9. The van der Waals surface area contributed by atoms with Gasteiger partial charge in [0.25, 0.3) is 0 Å². The molecular weight excluding hydrogens is 240 g/mol. The van der Waals surface area contributed by atoms with Crippen LogP contribution in [0.15, 0.2) is 36.5 Å². The molecule has 1 aromatic carbocycles. The SMILES string of the molecule is Cn1ncc(C2(O)CCN(Cc3ccccc3)C2)n1. The lowest BCUT2D eigenvalue weighted by Crippen LogP contribution is -2.31. The van der Waals surface area contributed by atoms with Gasteiger partial charge in [-0.15, -0.1) is 0 Å². The van der Waals surface area contributed by atoms with E-state index in [0.717, 1.165) is 13.1 Å². The van der Waals surface area contributed by atoms with Gasteiger partial charge in [0.2, 0.25) is 0 Å². The van der Waals surface area contributed by atoms with Crippen molar-refractivity contribution in [2.24, 2.45) is 7.05 Å². The van der Waals surface area contributed by atoms with Crippen LogP contribution in [0.1, 0.15) is 17.7 Å². The molecule has 0 amide bonds. The number of hydrogen-bond donors (Lipinski definition) is 1. The maximum absolute atomic E-state index is 10.7. The van der Waals surface area contributed by atoms with E-state index in [9.17, 15) is 5.11 Å². The molecule has 1 saturated heterocycles. The topological polar surface area (TPSA) is 54.2 Å². The summed E-state index contributed by atoms with van der Waals surface area (Å²) < 4.78 is 0. The van der Waals surface area contributed by atoms with E-state index in [0.29, 0.717) is 18.7 Å². The largest absolute Gasteiger partial charge is 0.382 e. The first-order chi connectivity index (χ1) is 9.16. The third kappa shape index (κ3) is 2.52. The normalized spacial score (nSPS) is 23.9. The van der Waals surface area contributed by atoms with Gasteiger partial charge >= 0.3 is 0 Å². The minimum Gasteiger partial charge on any atom is -0.382 e. The Morgan fingerprint density at radius 2 is 2.11 bits per heavy atom. The van der Waals surface area contributed by atoms with Crippen LogP contribution in [-0.2, 0) is 19.2 Å². The van der Waals surface area contributed by atoms with Gasteiger partial charge in [0.05, 0.1) is 6.20 Å². The Morgan fingerprint density at radius 3 is 2.79 bits per heavy atom. The van der Waals surface area contributed by atoms with Gasteiger partial charge in [0.15, 0.2) is 0 Å². The molecule has 5 heteroatoms. The summed E-state index contributed by atoms with van der Waals surface area (Å²) in [5.74, 6) is 0. The van der Waals surface area contributed by atoms with Crippen molar-refractivity contribution >= 4 is 0 Å². The predicted molar refractivity (Wildman–Crippen MR) is 71.2 cm³/mol. The molecule has 3 rings (SSSR count). The smallest absolute Gasteiger partial charge is 0.124 e. The summed E-state index contributed by atoms with van der Waals surface area (Å²) in [5.41, 5.74) is 1.08. The first kappa shape index (κ1) is 12.3. The Kier molecular flexibility index (Phi) is 3.08. The standard InChI is InChI=1S/C14H18N4O/c1-17-15-9-13(16-17)14(19)7-8-18(11-14)10-12-5-3-2-4-6-12/h2-6,9,19H,7-8,10-11H2,1H3. The third-order valence-corrected chi connectivity index (χ3v) is 3.65. The second kappa shape index (κ2) is 4.75. The maximum atomic E-state index is 10.7. The number of aryl methyl sites for hydroxylation is 1. The number of aromatic nitrogens is 3. The Labute approximate surface area is 112 Å². The highest BCUT2D eigenvalue weighted by Gasteiger charge is 2.39. The van der Waals surface area contributed by atoms with Gasteiger partial charge < -0.3 is 5.11 Å². The maximum Gasteiger partial charge on any atom is 0.124 e. The molecule has 19 heavy (non-hydrogen) atoms. The van der Waals surface area contributed by atoms with Crippen molar-refractivity contribution in [3.63, 3.8) is 0 Å². The second-order valence-corrected chi connectivity index (χ2v) is 5.20. The number of benzene rings is 1. The quantitative estimate of drug-likeness (QED) is 0.889. The van der Waals surface area contributed by atoms with E-state index in [1.54, 1.807) is 13.2 Å². The fourth-order valence-corrected chi connectivity index (χ4v) is 2.62. The van der Waals surface area contributed by atoms with Crippen LogP contribution in [0.4, 0.5) is 0 Å². The average Bonchev–Trinajstić information content (AvgIpc) is 2.99. The lowest BCUT2D eigenvalue weighted by atomic mass is 10.00. The van der Waals surface area contributed by atoms with Crippen LogP contribution in [0.25, 0.3) is 0 Å². The van der Waals surface area contributed by atoms with Crippen molar-refractivity contribution < 1.29 is 5.11 Å². The van der Waals surface area contributed by atoms with Crippen LogP contribution in [0.5, 0.6) is 0 Å². The summed E-state index contributed by atoms with van der Waals surface area (Å²) >= 11 is 0. The zero-order chi connectivity index (χ0) is 13.3. The van der Waals surface area contributed by atoms with Gasteiger partial charge in [0, 0.05) is 26.7 Å². The highest BCUT2D eigenvalue weighted by molar-refractivity contribution is 5.16. The number of β-amino-alcohol motifs (C(OH)–C–C–N with tert-alkyl or cyclic N) is 1. The van der Waals surface area contributed by atoms with Crippen molar-refractivity contribution in [1.82, 2.24) is 19.9 Å². The van der Waals surface area contributed by atoms with Crippen molar-refractivity contribution in [2.45, 2.75) is 18.6 Å². The molecule has 1 unspecified atom stereocenters. The summed E-state index contributed by atoms with van der Waals surface area (Å²) in [4.78, 5) is 3.75. The number of hydrogen-bond acceptors (Lipinski definition) is 4. The first-order valence-corrected chi connectivity index (χ1v) is 6.51. The van der Waals surface area contributed by atoms with Crippen molar-refractivity contribution in [3.8, 4) is 0 Å². The second-order valence-electron chi connectivity index (χ2n) is 5.20. The first-order valence-electron chi connectivity index (χ1n) is 6.51.